The molecular weight excluding hydrogens is 288 g/mol. The summed E-state index contributed by atoms with van der Waals surface area (Å²) < 4.78 is 0. The molecule has 0 bridgehead atoms. The van der Waals surface area contributed by atoms with Gasteiger partial charge in [-0.15, -0.1) is 0 Å². The molecule has 120 valence electrons. The Labute approximate surface area is 136 Å². The summed E-state index contributed by atoms with van der Waals surface area (Å²) in [6, 6.07) is 8.56. The highest BCUT2D eigenvalue weighted by Crippen LogP contribution is 2.20. The van der Waals surface area contributed by atoms with Crippen molar-refractivity contribution in [1.29, 1.82) is 0 Å². The summed E-state index contributed by atoms with van der Waals surface area (Å²) in [6.45, 7) is 2.52. The van der Waals surface area contributed by atoms with E-state index in [1.165, 1.54) is 37.4 Å². The number of hydrogen-bond acceptors (Lipinski definition) is 4. The van der Waals surface area contributed by atoms with Crippen LogP contribution in [-0.4, -0.2) is 21.9 Å². The minimum absolute atomic E-state index is 0.202. The molecule has 1 aromatic heterocycles. The highest BCUT2D eigenvalue weighted by Gasteiger charge is 2.15. The summed E-state index contributed by atoms with van der Waals surface area (Å²) in [5.41, 5.74) is 2.60. The van der Waals surface area contributed by atoms with Gasteiger partial charge >= 0.3 is 0 Å². The number of benzene rings is 1. The predicted molar refractivity (Wildman–Crippen MR) is 90.3 cm³/mol. The zero-order chi connectivity index (χ0) is 16.1. The molecule has 0 saturated heterocycles. The number of amides is 1. The van der Waals surface area contributed by atoms with E-state index < -0.39 is 0 Å². The first-order chi connectivity index (χ1) is 11.2. The minimum Gasteiger partial charge on any atom is -0.366 e. The topological polar surface area (TPSA) is 66.9 Å². The van der Waals surface area contributed by atoms with Crippen LogP contribution in [0.2, 0.25) is 0 Å². The first kappa shape index (κ1) is 15.5. The fraction of sp³-hybridized carbons (Fsp3) is 0.389. The van der Waals surface area contributed by atoms with E-state index in [4.69, 9.17) is 0 Å². The second-order valence-electron chi connectivity index (χ2n) is 6.08. The zero-order valence-corrected chi connectivity index (χ0v) is 13.4. The smallest absolute Gasteiger partial charge is 0.271 e. The minimum atomic E-state index is -0.202. The van der Waals surface area contributed by atoms with Crippen molar-refractivity contribution in [3.8, 4) is 0 Å². The Bertz CT molecular complexity index is 663. The predicted octanol–water partition coefficient (Wildman–Crippen LogP) is 3.07. The summed E-state index contributed by atoms with van der Waals surface area (Å²) in [7, 11) is 0. The van der Waals surface area contributed by atoms with Crippen molar-refractivity contribution < 1.29 is 4.79 Å². The highest BCUT2D eigenvalue weighted by atomic mass is 16.1. The number of hydrogen-bond donors (Lipinski definition) is 2. The van der Waals surface area contributed by atoms with E-state index in [0.29, 0.717) is 18.3 Å². The zero-order valence-electron chi connectivity index (χ0n) is 13.4. The summed E-state index contributed by atoms with van der Waals surface area (Å²) >= 11 is 0. The van der Waals surface area contributed by atoms with Crippen molar-refractivity contribution in [1.82, 2.24) is 15.3 Å². The standard InChI is InChI=1S/C18H22N4O/c1-13-5-4-6-14(9-13)10-21-18(23)16-11-20-17(12-19-16)22-15-7-2-3-8-15/h4-6,9,11-12,15H,2-3,7-8,10H2,1H3,(H,20,22)(H,21,23). The van der Waals surface area contributed by atoms with Crippen LogP contribution in [0.4, 0.5) is 5.82 Å². The lowest BCUT2D eigenvalue weighted by molar-refractivity contribution is 0.0945. The molecule has 1 fully saturated rings. The van der Waals surface area contributed by atoms with Crippen LogP contribution in [0.3, 0.4) is 0 Å². The monoisotopic (exact) mass is 310 g/mol. The highest BCUT2D eigenvalue weighted by molar-refractivity contribution is 5.91. The lowest BCUT2D eigenvalue weighted by atomic mass is 10.1. The molecule has 2 N–H and O–H groups in total. The molecule has 1 aliphatic carbocycles. The van der Waals surface area contributed by atoms with Gasteiger partial charge in [-0.1, -0.05) is 42.7 Å². The second kappa shape index (κ2) is 7.22. The number of rotatable bonds is 5. The lowest BCUT2D eigenvalue weighted by Gasteiger charge is -2.12. The van der Waals surface area contributed by atoms with Crippen molar-refractivity contribution in [2.45, 2.75) is 45.2 Å². The summed E-state index contributed by atoms with van der Waals surface area (Å²) in [5.74, 6) is 0.540. The largest absolute Gasteiger partial charge is 0.366 e. The number of nitrogens with one attached hydrogen (secondary N) is 2. The normalized spacial score (nSPS) is 14.7. The van der Waals surface area contributed by atoms with E-state index in [1.807, 2.05) is 25.1 Å². The van der Waals surface area contributed by atoms with Gasteiger partial charge in [0.25, 0.3) is 5.91 Å². The average Bonchev–Trinajstić information content (AvgIpc) is 3.06. The van der Waals surface area contributed by atoms with Gasteiger partial charge in [0.05, 0.1) is 12.4 Å². The number of aromatic nitrogens is 2. The van der Waals surface area contributed by atoms with E-state index in [9.17, 15) is 4.79 Å². The Morgan fingerprint density at radius 1 is 1.22 bits per heavy atom. The van der Waals surface area contributed by atoms with Crippen LogP contribution >= 0.6 is 0 Å². The van der Waals surface area contributed by atoms with Gasteiger partial charge in [0, 0.05) is 12.6 Å². The van der Waals surface area contributed by atoms with Crippen molar-refractivity contribution in [2.24, 2.45) is 0 Å². The third-order valence-electron chi connectivity index (χ3n) is 4.13. The van der Waals surface area contributed by atoms with Gasteiger partial charge in [0.15, 0.2) is 0 Å². The molecule has 1 aliphatic rings. The molecule has 1 heterocycles. The quantitative estimate of drug-likeness (QED) is 0.890. The molecule has 2 aromatic rings. The molecule has 3 rings (SSSR count). The van der Waals surface area contributed by atoms with Gasteiger partial charge in [-0.3, -0.25) is 4.79 Å². The van der Waals surface area contributed by atoms with E-state index in [0.717, 1.165) is 11.4 Å². The third kappa shape index (κ3) is 4.28. The van der Waals surface area contributed by atoms with Crippen LogP contribution in [0.25, 0.3) is 0 Å². The number of carbonyl (C=O) groups is 1. The van der Waals surface area contributed by atoms with E-state index in [1.54, 1.807) is 6.20 Å². The van der Waals surface area contributed by atoms with E-state index >= 15 is 0 Å². The number of aryl methyl sites for hydroxylation is 1. The number of carbonyl (C=O) groups excluding carboxylic acids is 1. The average molecular weight is 310 g/mol. The maximum absolute atomic E-state index is 12.1. The Hall–Kier alpha value is -2.43. The molecule has 5 heteroatoms. The Kier molecular flexibility index (Phi) is 4.86. The Morgan fingerprint density at radius 3 is 2.74 bits per heavy atom. The molecule has 0 atom stereocenters. The maximum atomic E-state index is 12.1. The van der Waals surface area contributed by atoms with Gasteiger partial charge < -0.3 is 10.6 Å². The lowest BCUT2D eigenvalue weighted by Crippen LogP contribution is -2.24. The van der Waals surface area contributed by atoms with Gasteiger partial charge in [-0.2, -0.15) is 0 Å². The molecule has 0 spiro atoms. The Morgan fingerprint density at radius 2 is 2.04 bits per heavy atom. The molecule has 1 saturated carbocycles. The van der Waals surface area contributed by atoms with Crippen molar-refractivity contribution in [2.75, 3.05) is 5.32 Å². The van der Waals surface area contributed by atoms with Gasteiger partial charge in [-0.05, 0) is 25.3 Å². The van der Waals surface area contributed by atoms with Crippen LogP contribution in [0, 0.1) is 6.92 Å². The maximum Gasteiger partial charge on any atom is 0.271 e. The van der Waals surface area contributed by atoms with Crippen molar-refractivity contribution in [3.63, 3.8) is 0 Å². The number of nitrogens with zero attached hydrogens (tertiary/aromatic N) is 2. The molecule has 5 nitrogen and oxygen atoms in total. The van der Waals surface area contributed by atoms with Crippen LogP contribution in [0.1, 0.15) is 47.3 Å². The third-order valence-corrected chi connectivity index (χ3v) is 4.13. The van der Waals surface area contributed by atoms with Crippen LogP contribution in [0.5, 0.6) is 0 Å². The summed E-state index contributed by atoms with van der Waals surface area (Å²) in [5, 5.41) is 6.24. The van der Waals surface area contributed by atoms with Crippen LogP contribution in [0.15, 0.2) is 36.7 Å². The summed E-state index contributed by atoms with van der Waals surface area (Å²) in [4.78, 5) is 20.6. The van der Waals surface area contributed by atoms with Crippen LogP contribution in [-0.2, 0) is 6.54 Å². The van der Waals surface area contributed by atoms with Crippen molar-refractivity contribution in [3.05, 3.63) is 53.5 Å². The van der Waals surface area contributed by atoms with Crippen molar-refractivity contribution >= 4 is 11.7 Å². The van der Waals surface area contributed by atoms with Gasteiger partial charge in [0.1, 0.15) is 11.5 Å². The Balaban J connectivity index is 1.54. The molecule has 23 heavy (non-hydrogen) atoms. The fourth-order valence-electron chi connectivity index (χ4n) is 2.89. The molecule has 0 radical (unpaired) electrons. The van der Waals surface area contributed by atoms with E-state index in [-0.39, 0.29) is 5.91 Å². The molecule has 0 unspecified atom stereocenters. The van der Waals surface area contributed by atoms with Gasteiger partial charge in [0.2, 0.25) is 0 Å². The molecular formula is C18H22N4O. The first-order valence-electron chi connectivity index (χ1n) is 8.13. The molecule has 1 amide bonds. The molecule has 1 aromatic carbocycles. The summed E-state index contributed by atoms with van der Waals surface area (Å²) in [6.07, 6.45) is 8.07. The fourth-order valence-corrected chi connectivity index (χ4v) is 2.89. The second-order valence-corrected chi connectivity index (χ2v) is 6.08. The number of anilines is 1. The van der Waals surface area contributed by atoms with E-state index in [2.05, 4.69) is 26.7 Å². The SMILES string of the molecule is Cc1cccc(CNC(=O)c2cnc(NC3CCCC3)cn2)c1. The first-order valence-corrected chi connectivity index (χ1v) is 8.13. The van der Waals surface area contributed by atoms with Gasteiger partial charge in [-0.25, -0.2) is 9.97 Å². The molecule has 0 aliphatic heterocycles. The van der Waals surface area contributed by atoms with Crippen LogP contribution < -0.4 is 10.6 Å².